The number of carbonyl (C=O) groups excluding carboxylic acids is 1. The maximum absolute atomic E-state index is 12.6. The maximum Gasteiger partial charge on any atom is 0.339 e. The van der Waals surface area contributed by atoms with Gasteiger partial charge in [0, 0.05) is 11.1 Å². The number of hydrogen-bond donors (Lipinski definition) is 0. The summed E-state index contributed by atoms with van der Waals surface area (Å²) in [7, 11) is 1.61. The highest BCUT2D eigenvalue weighted by Crippen LogP contribution is 2.26. The van der Waals surface area contributed by atoms with Gasteiger partial charge in [-0.1, -0.05) is 6.42 Å². The molecule has 22 heavy (non-hydrogen) atoms. The van der Waals surface area contributed by atoms with E-state index < -0.39 is 0 Å². The highest BCUT2D eigenvalue weighted by atomic mass is 16.5. The Balaban J connectivity index is 1.95. The number of aryl methyl sites for hydroxylation is 1. The molecule has 3 rings (SSSR count). The molecule has 4 nitrogen and oxygen atoms in total. The molecule has 0 atom stereocenters. The lowest BCUT2D eigenvalue weighted by molar-refractivity contribution is 0.0213. The minimum Gasteiger partial charge on any atom is -0.497 e. The van der Waals surface area contributed by atoms with E-state index in [1.54, 1.807) is 13.2 Å². The van der Waals surface area contributed by atoms with Gasteiger partial charge in [0.15, 0.2) is 0 Å². The van der Waals surface area contributed by atoms with Crippen LogP contribution in [0.25, 0.3) is 10.9 Å². The third-order valence-corrected chi connectivity index (χ3v) is 4.19. The molecule has 4 heteroatoms. The number of benzene rings is 1. The molecule has 116 valence electrons. The largest absolute Gasteiger partial charge is 0.497 e. The summed E-state index contributed by atoms with van der Waals surface area (Å²) in [6.45, 7) is 1.89. The molecule has 1 aromatic heterocycles. The van der Waals surface area contributed by atoms with Gasteiger partial charge in [-0.15, -0.1) is 0 Å². The number of pyridine rings is 1. The van der Waals surface area contributed by atoms with Crippen molar-refractivity contribution in [3.8, 4) is 5.75 Å². The van der Waals surface area contributed by atoms with E-state index in [9.17, 15) is 4.79 Å². The first-order valence-electron chi connectivity index (χ1n) is 7.84. The Morgan fingerprint density at radius 3 is 2.68 bits per heavy atom. The van der Waals surface area contributed by atoms with Crippen LogP contribution in [0.1, 0.15) is 48.2 Å². The van der Waals surface area contributed by atoms with E-state index in [2.05, 4.69) is 4.98 Å². The van der Waals surface area contributed by atoms with Gasteiger partial charge < -0.3 is 9.47 Å². The average Bonchev–Trinajstić information content (AvgIpc) is 2.54. The van der Waals surface area contributed by atoms with Crippen molar-refractivity contribution in [2.45, 2.75) is 45.1 Å². The molecule has 2 aromatic rings. The highest BCUT2D eigenvalue weighted by molar-refractivity contribution is 6.04. The predicted molar refractivity (Wildman–Crippen MR) is 85.3 cm³/mol. The number of aromatic nitrogens is 1. The number of fused-ring (bicyclic) bond motifs is 1. The van der Waals surface area contributed by atoms with Gasteiger partial charge in [0.25, 0.3) is 0 Å². The molecule has 0 aliphatic heterocycles. The van der Waals surface area contributed by atoms with Gasteiger partial charge >= 0.3 is 5.97 Å². The van der Waals surface area contributed by atoms with Crippen LogP contribution >= 0.6 is 0 Å². The fourth-order valence-corrected chi connectivity index (χ4v) is 3.03. The molecule has 1 aromatic carbocycles. The van der Waals surface area contributed by atoms with Crippen LogP contribution in [0.3, 0.4) is 0 Å². The second kappa shape index (κ2) is 6.34. The molecule has 1 aliphatic carbocycles. The zero-order valence-corrected chi connectivity index (χ0v) is 13.1. The zero-order chi connectivity index (χ0) is 15.5. The van der Waals surface area contributed by atoms with Crippen LogP contribution in [-0.2, 0) is 4.74 Å². The van der Waals surface area contributed by atoms with Gasteiger partial charge in [0.05, 0.1) is 18.2 Å². The SMILES string of the molecule is COc1ccc2nc(C)cc(C(=O)OC3CCCCC3)c2c1. The number of nitrogens with zero attached hydrogens (tertiary/aromatic N) is 1. The molecule has 1 saturated carbocycles. The van der Waals surface area contributed by atoms with E-state index >= 15 is 0 Å². The van der Waals surface area contributed by atoms with Crippen molar-refractivity contribution < 1.29 is 14.3 Å². The summed E-state index contributed by atoms with van der Waals surface area (Å²) in [4.78, 5) is 17.1. The van der Waals surface area contributed by atoms with Crippen molar-refractivity contribution in [1.82, 2.24) is 4.98 Å². The van der Waals surface area contributed by atoms with Crippen molar-refractivity contribution in [3.05, 3.63) is 35.5 Å². The van der Waals surface area contributed by atoms with Gasteiger partial charge in [-0.05, 0) is 56.9 Å². The monoisotopic (exact) mass is 299 g/mol. The van der Waals surface area contributed by atoms with Crippen LogP contribution in [0.4, 0.5) is 0 Å². The predicted octanol–water partition coefficient (Wildman–Crippen LogP) is 4.04. The molecule has 1 fully saturated rings. The lowest BCUT2D eigenvalue weighted by Gasteiger charge is -2.22. The maximum atomic E-state index is 12.6. The Morgan fingerprint density at radius 2 is 1.95 bits per heavy atom. The zero-order valence-electron chi connectivity index (χ0n) is 13.1. The van der Waals surface area contributed by atoms with Crippen molar-refractivity contribution in [2.24, 2.45) is 0 Å². The first-order valence-corrected chi connectivity index (χ1v) is 7.84. The lowest BCUT2D eigenvalue weighted by atomic mass is 9.97. The molecular formula is C18H21NO3. The van der Waals surface area contributed by atoms with Gasteiger partial charge in [-0.3, -0.25) is 4.98 Å². The van der Waals surface area contributed by atoms with Gasteiger partial charge in [-0.25, -0.2) is 4.79 Å². The molecule has 0 unspecified atom stereocenters. The fourth-order valence-electron chi connectivity index (χ4n) is 3.03. The van der Waals surface area contributed by atoms with E-state index in [1.165, 1.54) is 6.42 Å². The lowest BCUT2D eigenvalue weighted by Crippen LogP contribution is -2.21. The first kappa shape index (κ1) is 14.8. The van der Waals surface area contributed by atoms with E-state index in [0.717, 1.165) is 42.3 Å². The van der Waals surface area contributed by atoms with Crippen LogP contribution in [0.15, 0.2) is 24.3 Å². The molecule has 1 heterocycles. The molecule has 0 saturated heterocycles. The summed E-state index contributed by atoms with van der Waals surface area (Å²) in [6.07, 6.45) is 5.51. The van der Waals surface area contributed by atoms with Crippen molar-refractivity contribution in [2.75, 3.05) is 7.11 Å². The molecule has 0 bridgehead atoms. The van der Waals surface area contributed by atoms with E-state index in [0.29, 0.717) is 11.3 Å². The van der Waals surface area contributed by atoms with Crippen molar-refractivity contribution in [3.63, 3.8) is 0 Å². The second-order valence-electron chi connectivity index (χ2n) is 5.86. The molecule has 1 aliphatic rings. The van der Waals surface area contributed by atoms with Crippen LogP contribution in [0, 0.1) is 6.92 Å². The number of esters is 1. The normalized spacial score (nSPS) is 15.7. The minimum atomic E-state index is -0.254. The minimum absolute atomic E-state index is 0.0513. The van der Waals surface area contributed by atoms with Crippen molar-refractivity contribution in [1.29, 1.82) is 0 Å². The second-order valence-corrected chi connectivity index (χ2v) is 5.86. The van der Waals surface area contributed by atoms with Gasteiger partial charge in [-0.2, -0.15) is 0 Å². The Hall–Kier alpha value is -2.10. The van der Waals surface area contributed by atoms with Crippen LogP contribution in [0.5, 0.6) is 5.75 Å². The molecular weight excluding hydrogens is 278 g/mol. The molecule has 0 radical (unpaired) electrons. The fraction of sp³-hybridized carbons (Fsp3) is 0.444. The first-order chi connectivity index (χ1) is 10.7. The third kappa shape index (κ3) is 3.06. The van der Waals surface area contributed by atoms with Crippen LogP contribution < -0.4 is 4.74 Å². The van der Waals surface area contributed by atoms with Gasteiger partial charge in [0.1, 0.15) is 11.9 Å². The molecule has 0 spiro atoms. The average molecular weight is 299 g/mol. The summed E-state index contributed by atoms with van der Waals surface area (Å²) in [5.41, 5.74) is 2.18. The van der Waals surface area contributed by atoms with E-state index in [-0.39, 0.29) is 12.1 Å². The standard InChI is InChI=1S/C18H21NO3/c1-12-10-16(18(20)22-13-6-4-3-5-7-13)15-11-14(21-2)8-9-17(15)19-12/h8-11,13H,3-7H2,1-2H3. The molecule has 0 amide bonds. The number of ether oxygens (including phenoxy) is 2. The number of rotatable bonds is 3. The number of methoxy groups -OCH3 is 1. The summed E-state index contributed by atoms with van der Waals surface area (Å²) in [6, 6.07) is 7.37. The van der Waals surface area contributed by atoms with Crippen molar-refractivity contribution >= 4 is 16.9 Å². The number of carbonyl (C=O) groups is 1. The third-order valence-electron chi connectivity index (χ3n) is 4.19. The van der Waals surface area contributed by atoms with Crippen LogP contribution in [0.2, 0.25) is 0 Å². The van der Waals surface area contributed by atoms with Crippen LogP contribution in [-0.4, -0.2) is 24.2 Å². The van der Waals surface area contributed by atoms with E-state index in [1.807, 2.05) is 25.1 Å². The summed E-state index contributed by atoms with van der Waals surface area (Å²) in [5.74, 6) is 0.459. The highest BCUT2D eigenvalue weighted by Gasteiger charge is 2.21. The summed E-state index contributed by atoms with van der Waals surface area (Å²) < 4.78 is 11.0. The van der Waals surface area contributed by atoms with E-state index in [4.69, 9.17) is 9.47 Å². The quantitative estimate of drug-likeness (QED) is 0.802. The smallest absolute Gasteiger partial charge is 0.339 e. The summed E-state index contributed by atoms with van der Waals surface area (Å²) in [5, 5.41) is 0.783. The Bertz CT molecular complexity index is 690. The number of hydrogen-bond acceptors (Lipinski definition) is 4. The Morgan fingerprint density at radius 1 is 1.18 bits per heavy atom. The molecule has 0 N–H and O–H groups in total. The topological polar surface area (TPSA) is 48.4 Å². The Kier molecular flexibility index (Phi) is 4.27. The summed E-state index contributed by atoms with van der Waals surface area (Å²) >= 11 is 0. The Labute approximate surface area is 130 Å². The van der Waals surface area contributed by atoms with Gasteiger partial charge in [0.2, 0.25) is 0 Å².